The van der Waals surface area contributed by atoms with Crippen molar-refractivity contribution in [2.75, 3.05) is 32.8 Å². The number of carbonyl (C=O) groups excluding carboxylic acids is 1. The Bertz CT molecular complexity index is 1480. The Morgan fingerprint density at radius 1 is 1.19 bits per heavy atom. The molecule has 0 radical (unpaired) electrons. The molecule has 1 saturated heterocycles. The highest BCUT2D eigenvalue weighted by atomic mass is 35.5. The first-order chi connectivity index (χ1) is 17.9. The standard InChI is InChI=1S/C25H24Cl2N6O4/c1-4-19(34)30-14-5-8-37-12-15(14)31-25-29-11-13-9-16(33-7-6-28-24(33)23(13)32-25)20-21(26)17(35-2)10-18(36-3)22(20)27/h4,6-7,9-11,14-15H,1,5,8,12H2,2-3H3,(H,30,34)(H,29,31,32)/t14-,15+/m0/s1. The van der Waals surface area contributed by atoms with Crippen LogP contribution in [0.2, 0.25) is 10.0 Å². The summed E-state index contributed by atoms with van der Waals surface area (Å²) in [4.78, 5) is 25.7. The molecule has 2 atom stereocenters. The Morgan fingerprint density at radius 2 is 1.95 bits per heavy atom. The molecule has 0 spiro atoms. The van der Waals surface area contributed by atoms with E-state index in [9.17, 15) is 4.79 Å². The number of ether oxygens (including phenoxy) is 3. The average molecular weight is 543 g/mol. The Kier molecular flexibility index (Phi) is 7.05. The normalized spacial score (nSPS) is 17.5. The monoisotopic (exact) mass is 542 g/mol. The van der Waals surface area contributed by atoms with Crippen molar-refractivity contribution in [1.82, 2.24) is 24.7 Å². The average Bonchev–Trinajstić information content (AvgIpc) is 3.41. The van der Waals surface area contributed by atoms with Crippen molar-refractivity contribution in [2.45, 2.75) is 18.5 Å². The van der Waals surface area contributed by atoms with Crippen LogP contribution in [0, 0.1) is 0 Å². The van der Waals surface area contributed by atoms with Gasteiger partial charge in [0.15, 0.2) is 5.65 Å². The zero-order chi connectivity index (χ0) is 26.1. The van der Waals surface area contributed by atoms with Crippen molar-refractivity contribution in [3.05, 3.63) is 53.4 Å². The fourth-order valence-electron chi connectivity index (χ4n) is 4.40. The Balaban J connectivity index is 1.58. The first-order valence-electron chi connectivity index (χ1n) is 11.5. The number of pyridine rings is 1. The molecular formula is C25H24Cl2N6O4. The molecule has 1 aliphatic rings. The lowest BCUT2D eigenvalue weighted by atomic mass is 10.0. The minimum atomic E-state index is -0.240. The maximum Gasteiger partial charge on any atom is 0.243 e. The van der Waals surface area contributed by atoms with Gasteiger partial charge in [-0.1, -0.05) is 29.8 Å². The number of aromatic nitrogens is 4. The second kappa shape index (κ2) is 10.4. The smallest absolute Gasteiger partial charge is 0.243 e. The summed E-state index contributed by atoms with van der Waals surface area (Å²) in [6, 6.07) is 3.16. The molecule has 0 bridgehead atoms. The number of nitrogens with zero attached hydrogens (tertiary/aromatic N) is 4. The van der Waals surface area contributed by atoms with Crippen molar-refractivity contribution in [1.29, 1.82) is 0 Å². The zero-order valence-electron chi connectivity index (χ0n) is 20.1. The molecule has 1 amide bonds. The molecule has 192 valence electrons. The van der Waals surface area contributed by atoms with Crippen molar-refractivity contribution < 1.29 is 19.0 Å². The highest BCUT2D eigenvalue weighted by Gasteiger charge is 2.28. The molecule has 1 fully saturated rings. The van der Waals surface area contributed by atoms with Crippen LogP contribution in [-0.4, -0.2) is 64.8 Å². The highest BCUT2D eigenvalue weighted by Crippen LogP contribution is 2.46. The molecule has 0 aliphatic carbocycles. The maximum absolute atomic E-state index is 11.9. The van der Waals surface area contributed by atoms with Gasteiger partial charge in [0.1, 0.15) is 17.0 Å². The molecule has 5 rings (SSSR count). The van der Waals surface area contributed by atoms with Gasteiger partial charge in [0.2, 0.25) is 11.9 Å². The van der Waals surface area contributed by atoms with Crippen LogP contribution < -0.4 is 20.1 Å². The quantitative estimate of drug-likeness (QED) is 0.335. The zero-order valence-corrected chi connectivity index (χ0v) is 21.6. The number of hydrogen-bond donors (Lipinski definition) is 2. The van der Waals surface area contributed by atoms with E-state index < -0.39 is 0 Å². The summed E-state index contributed by atoms with van der Waals surface area (Å²) in [6.07, 6.45) is 7.08. The number of imidazole rings is 1. The summed E-state index contributed by atoms with van der Waals surface area (Å²) in [6.45, 7) is 4.47. The first-order valence-corrected chi connectivity index (χ1v) is 12.2. The minimum absolute atomic E-state index is 0.153. The summed E-state index contributed by atoms with van der Waals surface area (Å²) >= 11 is 13.4. The third kappa shape index (κ3) is 4.63. The second-order valence-electron chi connectivity index (χ2n) is 8.37. The number of fused-ring (bicyclic) bond motifs is 3. The molecule has 12 heteroatoms. The SMILES string of the molecule is C=CC(=O)N[C@H]1CCOC[C@H]1Nc1ncc2cc(-c3c(Cl)c(OC)cc(OC)c3Cl)n3ccnc3c2n1. The van der Waals surface area contributed by atoms with Gasteiger partial charge in [0.25, 0.3) is 0 Å². The van der Waals surface area contributed by atoms with Gasteiger partial charge < -0.3 is 24.8 Å². The third-order valence-corrected chi connectivity index (χ3v) is 6.99. The predicted molar refractivity (Wildman–Crippen MR) is 142 cm³/mol. The Hall–Kier alpha value is -3.60. The van der Waals surface area contributed by atoms with E-state index in [1.165, 1.54) is 20.3 Å². The summed E-state index contributed by atoms with van der Waals surface area (Å²) in [5.74, 6) is 0.999. The molecule has 1 aliphatic heterocycles. The summed E-state index contributed by atoms with van der Waals surface area (Å²) in [5.41, 5.74) is 2.41. The van der Waals surface area contributed by atoms with Crippen LogP contribution in [0.1, 0.15) is 6.42 Å². The Morgan fingerprint density at radius 3 is 2.65 bits per heavy atom. The van der Waals surface area contributed by atoms with E-state index in [1.54, 1.807) is 24.7 Å². The van der Waals surface area contributed by atoms with Gasteiger partial charge in [0.05, 0.1) is 48.6 Å². The van der Waals surface area contributed by atoms with Crippen LogP contribution in [0.15, 0.2) is 43.4 Å². The third-order valence-electron chi connectivity index (χ3n) is 6.24. The number of rotatable bonds is 7. The van der Waals surface area contributed by atoms with Gasteiger partial charge in [-0.25, -0.2) is 15.0 Å². The van der Waals surface area contributed by atoms with Gasteiger partial charge in [-0.2, -0.15) is 0 Å². The van der Waals surface area contributed by atoms with Crippen molar-refractivity contribution in [3.63, 3.8) is 0 Å². The number of benzene rings is 1. The van der Waals surface area contributed by atoms with Crippen LogP contribution in [0.5, 0.6) is 11.5 Å². The number of anilines is 1. The van der Waals surface area contributed by atoms with Crippen LogP contribution in [0.3, 0.4) is 0 Å². The van der Waals surface area contributed by atoms with E-state index in [0.717, 1.165) is 5.39 Å². The van der Waals surface area contributed by atoms with Crippen LogP contribution in [0.4, 0.5) is 5.95 Å². The topological polar surface area (TPSA) is 112 Å². The van der Waals surface area contributed by atoms with E-state index in [2.05, 4.69) is 27.2 Å². The lowest BCUT2D eigenvalue weighted by molar-refractivity contribution is -0.117. The lowest BCUT2D eigenvalue weighted by Crippen LogP contribution is -2.52. The number of nitrogens with one attached hydrogen (secondary N) is 2. The molecule has 3 aromatic heterocycles. The van der Waals surface area contributed by atoms with E-state index in [4.69, 9.17) is 42.4 Å². The van der Waals surface area contributed by atoms with Crippen LogP contribution in [0.25, 0.3) is 27.8 Å². The van der Waals surface area contributed by atoms with Gasteiger partial charge >= 0.3 is 0 Å². The molecule has 4 heterocycles. The van der Waals surface area contributed by atoms with E-state index >= 15 is 0 Å². The van der Waals surface area contributed by atoms with Crippen molar-refractivity contribution in [2.24, 2.45) is 0 Å². The molecule has 0 unspecified atom stereocenters. The maximum atomic E-state index is 11.9. The van der Waals surface area contributed by atoms with Gasteiger partial charge in [-0.3, -0.25) is 9.20 Å². The molecular weight excluding hydrogens is 519 g/mol. The first kappa shape index (κ1) is 25.1. The number of hydrogen-bond acceptors (Lipinski definition) is 8. The molecule has 1 aromatic carbocycles. The summed E-state index contributed by atoms with van der Waals surface area (Å²) in [5, 5.41) is 7.64. The summed E-state index contributed by atoms with van der Waals surface area (Å²) < 4.78 is 18.3. The predicted octanol–water partition coefficient (Wildman–Crippen LogP) is 4.14. The number of halogens is 2. The van der Waals surface area contributed by atoms with Crippen molar-refractivity contribution in [3.8, 4) is 22.8 Å². The number of carbonyl (C=O) groups is 1. The molecule has 37 heavy (non-hydrogen) atoms. The second-order valence-corrected chi connectivity index (χ2v) is 9.12. The van der Waals surface area contributed by atoms with E-state index in [1.807, 2.05) is 10.5 Å². The van der Waals surface area contributed by atoms with Crippen LogP contribution in [-0.2, 0) is 9.53 Å². The Labute approximate surface area is 222 Å². The van der Waals surface area contributed by atoms with E-state index in [0.29, 0.717) is 69.5 Å². The van der Waals surface area contributed by atoms with Crippen LogP contribution >= 0.6 is 23.2 Å². The fraction of sp³-hybridized carbons (Fsp3) is 0.280. The molecule has 2 N–H and O–H groups in total. The molecule has 10 nitrogen and oxygen atoms in total. The van der Waals surface area contributed by atoms with Gasteiger partial charge in [-0.15, -0.1) is 0 Å². The van der Waals surface area contributed by atoms with Gasteiger partial charge in [-0.05, 0) is 18.6 Å². The number of methoxy groups -OCH3 is 2. The number of amides is 1. The van der Waals surface area contributed by atoms with Crippen molar-refractivity contribution >= 4 is 51.6 Å². The minimum Gasteiger partial charge on any atom is -0.495 e. The summed E-state index contributed by atoms with van der Waals surface area (Å²) in [7, 11) is 3.05. The molecule has 0 saturated carbocycles. The highest BCUT2D eigenvalue weighted by molar-refractivity contribution is 6.41. The fourth-order valence-corrected chi connectivity index (χ4v) is 5.09. The lowest BCUT2D eigenvalue weighted by Gasteiger charge is -2.32. The van der Waals surface area contributed by atoms with Gasteiger partial charge in [0, 0.05) is 42.2 Å². The largest absolute Gasteiger partial charge is 0.495 e. The molecule has 4 aromatic rings. The van der Waals surface area contributed by atoms with E-state index in [-0.39, 0.29) is 18.0 Å².